The van der Waals surface area contributed by atoms with E-state index in [1.54, 1.807) is 25.0 Å². The molecule has 2 heterocycles. The molecule has 0 fully saturated rings. The van der Waals surface area contributed by atoms with E-state index in [0.717, 1.165) is 22.1 Å². The molecular weight excluding hydrogens is 572 g/mol. The van der Waals surface area contributed by atoms with Crippen LogP contribution in [0.5, 0.6) is 0 Å². The number of rotatable bonds is 0. The van der Waals surface area contributed by atoms with Gasteiger partial charge >= 0.3 is 30.9 Å². The van der Waals surface area contributed by atoms with E-state index < -0.39 is 21.6 Å². The number of fused-ring (bicyclic) bond motifs is 2. The summed E-state index contributed by atoms with van der Waals surface area (Å²) in [6.45, 7) is 0. The number of halogens is 2. The Morgan fingerprint density at radius 2 is 0.710 bits per heavy atom. The third-order valence-electron chi connectivity index (χ3n) is 2.85. The fourth-order valence-electron chi connectivity index (χ4n) is 1.95. The molecule has 13 heteroatoms. The minimum absolute atomic E-state index is 0. The van der Waals surface area contributed by atoms with E-state index >= 15 is 0 Å². The Hall–Kier alpha value is -1.52. The Morgan fingerprint density at radius 1 is 0.548 bits per heavy atom. The molecule has 0 radical (unpaired) electrons. The number of para-hydroxylation sites is 4. The Bertz CT molecular complexity index is 1000. The van der Waals surface area contributed by atoms with E-state index in [4.69, 9.17) is 0 Å². The minimum atomic E-state index is -0.611. The van der Waals surface area contributed by atoms with Gasteiger partial charge in [-0.2, -0.15) is 0 Å². The Morgan fingerprint density at radius 3 is 0.871 bits per heavy atom. The first kappa shape index (κ1) is 34.1. The summed E-state index contributed by atoms with van der Waals surface area (Å²) in [5.74, 6) is 0. The Kier molecular flexibility index (Phi) is 19.9. The van der Waals surface area contributed by atoms with Crippen molar-refractivity contribution in [2.24, 2.45) is 0 Å². The van der Waals surface area contributed by atoms with E-state index in [-0.39, 0.29) is 55.7 Å². The van der Waals surface area contributed by atoms with Gasteiger partial charge in [-0.25, -0.2) is 9.59 Å². The standard InChI is InChI=1S/2C7H6N2O.2C2H6OS.2ClH.Ru/c2*10-7-8-5-3-1-2-4-6(5)9-7;2*1-4(2)3;;;/h2*1-4H,(H2,8,9,10);2*1-2H3;2*1H;/q;;;;;;+2/p-2. The van der Waals surface area contributed by atoms with E-state index in [1.807, 2.05) is 48.5 Å². The molecule has 0 unspecified atom stereocenters. The summed E-state index contributed by atoms with van der Waals surface area (Å²) in [6, 6.07) is 14.9. The number of benzene rings is 2. The quantitative estimate of drug-likeness (QED) is 0.153. The number of imidazole rings is 2. The van der Waals surface area contributed by atoms with Gasteiger partial charge in [0.1, 0.15) is 0 Å². The van der Waals surface area contributed by atoms with Crippen LogP contribution in [0, 0.1) is 0 Å². The summed E-state index contributed by atoms with van der Waals surface area (Å²) < 4.78 is 19.1. The van der Waals surface area contributed by atoms with Crippen LogP contribution in [0.3, 0.4) is 0 Å². The monoisotopic (exact) mass is 596 g/mol. The van der Waals surface area contributed by atoms with Crippen LogP contribution in [-0.2, 0) is 41.1 Å². The van der Waals surface area contributed by atoms with Crippen molar-refractivity contribution >= 4 is 43.7 Å². The van der Waals surface area contributed by atoms with Crippen LogP contribution >= 0.6 is 0 Å². The van der Waals surface area contributed by atoms with Crippen molar-refractivity contribution in [1.82, 2.24) is 19.9 Å². The van der Waals surface area contributed by atoms with Gasteiger partial charge in [0.15, 0.2) is 0 Å². The SMILES string of the molecule is CS(C)=O.CS(C)=O.O=c1[nH]c2ccccc2[nH]1.O=c1[nH]c2ccccc2[nH]1.[Cl-].[Cl-].[Ru+2]. The summed E-state index contributed by atoms with van der Waals surface area (Å²) in [5.41, 5.74) is 3.11. The number of aromatic amines is 4. The molecule has 174 valence electrons. The van der Waals surface area contributed by atoms with Crippen LogP contribution in [0.4, 0.5) is 0 Å². The molecule has 0 spiro atoms. The molecule has 2 aromatic carbocycles. The molecule has 0 atom stereocenters. The smallest absolute Gasteiger partial charge is 1.00 e. The number of hydrogen-bond donors (Lipinski definition) is 4. The zero-order valence-electron chi connectivity index (χ0n) is 17.2. The molecule has 8 nitrogen and oxygen atoms in total. The van der Waals surface area contributed by atoms with Crippen LogP contribution in [0.2, 0.25) is 0 Å². The first-order chi connectivity index (χ1) is 13.2. The molecule has 0 aliphatic carbocycles. The molecule has 31 heavy (non-hydrogen) atoms. The second-order valence-corrected chi connectivity index (χ2v) is 8.70. The second kappa shape index (κ2) is 18.1. The van der Waals surface area contributed by atoms with Crippen LogP contribution in [0.15, 0.2) is 58.1 Å². The zero-order chi connectivity index (χ0) is 21.1. The topological polar surface area (TPSA) is 131 Å². The van der Waals surface area contributed by atoms with Gasteiger partial charge < -0.3 is 44.7 Å². The van der Waals surface area contributed by atoms with Crippen LogP contribution in [0.25, 0.3) is 22.1 Å². The fraction of sp³-hybridized carbons (Fsp3) is 0.222. The van der Waals surface area contributed by atoms with Gasteiger partial charge in [-0.1, -0.05) is 24.3 Å². The summed E-state index contributed by atoms with van der Waals surface area (Å²) in [4.78, 5) is 31.9. The Labute approximate surface area is 209 Å². The van der Waals surface area contributed by atoms with Crippen molar-refractivity contribution < 1.29 is 52.7 Å². The molecule has 4 rings (SSSR count). The van der Waals surface area contributed by atoms with Gasteiger partial charge in [0.2, 0.25) is 0 Å². The van der Waals surface area contributed by atoms with E-state index in [9.17, 15) is 18.0 Å². The van der Waals surface area contributed by atoms with Crippen LogP contribution < -0.4 is 36.2 Å². The fourth-order valence-corrected chi connectivity index (χ4v) is 1.95. The molecule has 0 saturated carbocycles. The summed E-state index contributed by atoms with van der Waals surface area (Å²) in [6.07, 6.45) is 6.56. The molecular formula is C18H24Cl2N4O4RuS2. The van der Waals surface area contributed by atoms with Gasteiger partial charge in [0.05, 0.1) is 22.1 Å². The summed E-state index contributed by atoms with van der Waals surface area (Å²) in [5, 5.41) is 0. The van der Waals surface area contributed by atoms with E-state index in [0.29, 0.717) is 0 Å². The minimum Gasteiger partial charge on any atom is -1.00 e. The van der Waals surface area contributed by atoms with Crippen molar-refractivity contribution in [3.05, 3.63) is 69.5 Å². The van der Waals surface area contributed by atoms with Gasteiger partial charge in [0.25, 0.3) is 0 Å². The van der Waals surface area contributed by atoms with Crippen molar-refractivity contribution in [1.29, 1.82) is 0 Å². The van der Waals surface area contributed by atoms with Gasteiger partial charge in [-0.3, -0.25) is 8.42 Å². The molecule has 0 amide bonds. The first-order valence-corrected chi connectivity index (χ1v) is 12.0. The predicted octanol–water partition coefficient (Wildman–Crippen LogP) is -4.29. The maximum absolute atomic E-state index is 10.7. The molecule has 2 aromatic heterocycles. The number of aromatic nitrogens is 4. The molecule has 0 saturated heterocycles. The molecule has 4 N–H and O–H groups in total. The van der Waals surface area contributed by atoms with Crippen molar-refractivity contribution in [2.45, 2.75) is 0 Å². The number of H-pyrrole nitrogens is 4. The largest absolute Gasteiger partial charge is 2.00 e. The summed E-state index contributed by atoms with van der Waals surface area (Å²) in [7, 11) is -1.22. The Balaban J connectivity index is -0.000000356. The van der Waals surface area contributed by atoms with Crippen LogP contribution in [0.1, 0.15) is 0 Å². The maximum Gasteiger partial charge on any atom is 2.00 e. The summed E-state index contributed by atoms with van der Waals surface area (Å²) >= 11 is 0. The zero-order valence-corrected chi connectivity index (χ0v) is 22.1. The average Bonchev–Trinajstić information content (AvgIpc) is 3.14. The molecule has 0 aliphatic rings. The maximum atomic E-state index is 10.7. The van der Waals surface area contributed by atoms with E-state index in [2.05, 4.69) is 19.9 Å². The molecule has 4 aromatic rings. The van der Waals surface area contributed by atoms with Crippen molar-refractivity contribution in [3.8, 4) is 0 Å². The van der Waals surface area contributed by atoms with Crippen LogP contribution in [-0.4, -0.2) is 53.4 Å². The normalized spacial score (nSPS) is 8.97. The third kappa shape index (κ3) is 15.0. The number of hydrogen-bond acceptors (Lipinski definition) is 4. The first-order valence-electron chi connectivity index (χ1n) is 8.03. The van der Waals surface area contributed by atoms with Crippen molar-refractivity contribution in [3.63, 3.8) is 0 Å². The van der Waals surface area contributed by atoms with Crippen molar-refractivity contribution in [2.75, 3.05) is 25.0 Å². The second-order valence-electron chi connectivity index (χ2n) is 5.73. The van der Waals surface area contributed by atoms with Gasteiger partial charge in [-0.05, 0) is 24.3 Å². The molecule has 0 bridgehead atoms. The number of nitrogens with one attached hydrogen (secondary N) is 4. The van der Waals surface area contributed by atoms with E-state index in [1.165, 1.54) is 0 Å². The predicted molar refractivity (Wildman–Crippen MR) is 118 cm³/mol. The molecule has 0 aliphatic heterocycles. The van der Waals surface area contributed by atoms with Gasteiger partial charge in [0, 0.05) is 46.6 Å². The average molecular weight is 597 g/mol. The van der Waals surface area contributed by atoms with Gasteiger partial charge in [-0.15, -0.1) is 0 Å². The third-order valence-corrected chi connectivity index (χ3v) is 2.85.